The summed E-state index contributed by atoms with van der Waals surface area (Å²) in [6.45, 7) is 4.42. The van der Waals surface area contributed by atoms with Crippen molar-refractivity contribution in [2.24, 2.45) is 0 Å². The van der Waals surface area contributed by atoms with Crippen LogP contribution in [0.25, 0.3) is 27.5 Å². The molecule has 0 saturated carbocycles. The van der Waals surface area contributed by atoms with Gasteiger partial charge in [-0.1, -0.05) is 212 Å². The van der Waals surface area contributed by atoms with Gasteiger partial charge in [-0.3, -0.25) is 0 Å². The molecule has 0 radical (unpaired) electrons. The van der Waals surface area contributed by atoms with Crippen LogP contribution in [0.5, 0.6) is 0 Å². The van der Waals surface area contributed by atoms with Gasteiger partial charge in [-0.15, -0.1) is 0 Å². The van der Waals surface area contributed by atoms with Gasteiger partial charge in [-0.2, -0.15) is 0 Å². The molecule has 0 aliphatic heterocycles. The fourth-order valence-electron chi connectivity index (χ4n) is 9.98. The number of nitrogens with zero attached hydrogens (tertiary/aromatic N) is 1. The van der Waals surface area contributed by atoms with E-state index in [0.717, 1.165) is 0 Å². The highest BCUT2D eigenvalue weighted by atomic mass is 28.3. The monoisotopic (exact) mass is 787 g/mol. The third-order valence-corrected chi connectivity index (χ3v) is 21.9. The van der Waals surface area contributed by atoms with E-state index in [1.165, 1.54) is 80.1 Å². The van der Waals surface area contributed by atoms with Crippen LogP contribution in [0.15, 0.2) is 237 Å². The fourth-order valence-corrected chi connectivity index (χ4v) is 19.5. The van der Waals surface area contributed by atoms with Crippen molar-refractivity contribution in [3.05, 3.63) is 248 Å². The molecule has 10 rings (SSSR count). The number of benzene rings is 9. The molecule has 0 bridgehead atoms. The first-order valence-electron chi connectivity index (χ1n) is 20.6. The van der Waals surface area contributed by atoms with Crippen LogP contribution in [-0.2, 0) is 0 Å². The van der Waals surface area contributed by atoms with Crippen molar-refractivity contribution in [2.75, 3.05) is 0 Å². The Labute approximate surface area is 349 Å². The predicted octanol–water partition coefficient (Wildman–Crippen LogP) is 8.16. The van der Waals surface area contributed by atoms with Gasteiger partial charge in [0.1, 0.15) is 0 Å². The molecule has 9 aromatic carbocycles. The lowest BCUT2D eigenvalue weighted by Crippen LogP contribution is -2.74. The van der Waals surface area contributed by atoms with Crippen LogP contribution >= 0.6 is 0 Å². The molecule has 0 fully saturated rings. The number of aromatic nitrogens is 1. The van der Waals surface area contributed by atoms with Crippen LogP contribution in [0.1, 0.15) is 11.1 Å². The Morgan fingerprint density at radius 1 is 0.271 bits per heavy atom. The van der Waals surface area contributed by atoms with E-state index in [1.54, 1.807) is 0 Å². The average Bonchev–Trinajstić information content (AvgIpc) is 3.62. The van der Waals surface area contributed by atoms with Crippen molar-refractivity contribution in [1.29, 1.82) is 0 Å². The summed E-state index contributed by atoms with van der Waals surface area (Å²) in [6, 6.07) is 89.4. The van der Waals surface area contributed by atoms with Crippen molar-refractivity contribution in [3.8, 4) is 5.69 Å². The largest absolute Gasteiger partial charge is 0.309 e. The van der Waals surface area contributed by atoms with Crippen molar-refractivity contribution >= 4 is 79.4 Å². The maximum absolute atomic E-state index is 2.80. The summed E-state index contributed by atoms with van der Waals surface area (Å²) < 4.78 is 2.51. The predicted molar refractivity (Wildman–Crippen MR) is 257 cm³/mol. The Hall–Kier alpha value is -6.79. The van der Waals surface area contributed by atoms with Crippen molar-refractivity contribution in [1.82, 2.24) is 4.57 Å². The molecular formula is C56H45NSi2. The fraction of sp³-hybridized carbons (Fsp3) is 0.0357. The molecule has 0 saturated heterocycles. The van der Waals surface area contributed by atoms with Crippen LogP contribution in [0.4, 0.5) is 0 Å². The molecule has 1 nitrogen and oxygen atoms in total. The lowest BCUT2D eigenvalue weighted by atomic mass is 10.1. The summed E-state index contributed by atoms with van der Waals surface area (Å²) in [5, 5.41) is 13.5. The highest BCUT2D eigenvalue weighted by Crippen LogP contribution is 2.33. The minimum absolute atomic E-state index is 1.19. The Kier molecular flexibility index (Phi) is 9.41. The number of hydrogen-bond acceptors (Lipinski definition) is 0. The van der Waals surface area contributed by atoms with Gasteiger partial charge in [0.2, 0.25) is 0 Å². The van der Waals surface area contributed by atoms with Gasteiger partial charge in [0.05, 0.1) is 11.0 Å². The first-order valence-corrected chi connectivity index (χ1v) is 24.6. The molecule has 10 aromatic rings. The van der Waals surface area contributed by atoms with E-state index in [0.29, 0.717) is 0 Å². The summed E-state index contributed by atoms with van der Waals surface area (Å²) in [7, 11) is -5.60. The summed E-state index contributed by atoms with van der Waals surface area (Å²) >= 11 is 0. The maximum Gasteiger partial charge on any atom is 0.179 e. The van der Waals surface area contributed by atoms with Crippen LogP contribution < -0.4 is 41.5 Å². The standard InChI is InChI=1S/C56H45NSi2/c1-42-37-43(2)39-44(38-42)57-55-35-33-51(58(45-21-9-3-10-22-45,46-23-11-4-12-24-46)47-25-13-5-14-26-47)40-53(55)54-41-52(34-36-56(54)57)59(48-27-15-6-16-28-48,49-29-17-7-18-30-49)50-31-19-8-20-32-50/h3-41H,1-2H3. The topological polar surface area (TPSA) is 4.93 Å². The van der Waals surface area contributed by atoms with Crippen LogP contribution in [-0.4, -0.2) is 20.7 Å². The van der Waals surface area contributed by atoms with Crippen LogP contribution in [0.3, 0.4) is 0 Å². The minimum atomic E-state index is -2.80. The van der Waals surface area contributed by atoms with Crippen molar-refractivity contribution in [2.45, 2.75) is 13.8 Å². The summed E-state index contributed by atoms with van der Waals surface area (Å²) in [5.74, 6) is 0. The molecule has 0 unspecified atom stereocenters. The molecular weight excluding hydrogens is 743 g/mol. The molecule has 1 aromatic heterocycles. The van der Waals surface area contributed by atoms with Gasteiger partial charge in [0.15, 0.2) is 16.1 Å². The lowest BCUT2D eigenvalue weighted by Gasteiger charge is -2.34. The van der Waals surface area contributed by atoms with E-state index >= 15 is 0 Å². The lowest BCUT2D eigenvalue weighted by molar-refractivity contribution is 1.16. The smallest absolute Gasteiger partial charge is 0.179 e. The Morgan fingerprint density at radius 3 is 0.814 bits per heavy atom. The van der Waals surface area contributed by atoms with Gasteiger partial charge >= 0.3 is 0 Å². The van der Waals surface area contributed by atoms with E-state index < -0.39 is 16.1 Å². The molecule has 0 aliphatic carbocycles. The highest BCUT2D eigenvalue weighted by molar-refractivity contribution is 7.20. The quantitative estimate of drug-likeness (QED) is 0.103. The van der Waals surface area contributed by atoms with Gasteiger partial charge < -0.3 is 4.57 Å². The van der Waals surface area contributed by atoms with Crippen molar-refractivity contribution < 1.29 is 0 Å². The molecule has 0 amide bonds. The molecule has 0 spiro atoms. The van der Waals surface area contributed by atoms with Gasteiger partial charge in [0, 0.05) is 16.5 Å². The van der Waals surface area contributed by atoms with E-state index in [9.17, 15) is 0 Å². The third-order valence-electron chi connectivity index (χ3n) is 12.3. The Balaban J connectivity index is 1.35. The van der Waals surface area contributed by atoms with E-state index in [2.05, 4.69) is 255 Å². The maximum atomic E-state index is 2.57. The second kappa shape index (κ2) is 15.2. The molecule has 59 heavy (non-hydrogen) atoms. The first kappa shape index (κ1) is 36.5. The zero-order valence-corrected chi connectivity index (χ0v) is 35.5. The first-order chi connectivity index (χ1) is 29.1. The van der Waals surface area contributed by atoms with Crippen LogP contribution in [0.2, 0.25) is 0 Å². The van der Waals surface area contributed by atoms with Crippen LogP contribution in [0, 0.1) is 13.8 Å². The number of aryl methyl sites for hydroxylation is 2. The van der Waals surface area contributed by atoms with Gasteiger partial charge in [-0.25, -0.2) is 0 Å². The summed E-state index contributed by atoms with van der Waals surface area (Å²) in [4.78, 5) is 0. The SMILES string of the molecule is Cc1cc(C)cc(-n2c3ccc([Si](c4ccccc4)(c4ccccc4)c4ccccc4)cc3c3cc([Si](c4ccccc4)(c4ccccc4)c4ccccc4)ccc32)c1. The Bertz CT molecular complexity index is 2640. The second-order valence-electron chi connectivity index (χ2n) is 15.8. The molecule has 3 heteroatoms. The molecule has 0 atom stereocenters. The van der Waals surface area contributed by atoms with Crippen molar-refractivity contribution in [3.63, 3.8) is 0 Å². The number of rotatable bonds is 9. The average molecular weight is 788 g/mol. The second-order valence-corrected chi connectivity index (χ2v) is 23.5. The number of hydrogen-bond donors (Lipinski definition) is 0. The molecule has 1 heterocycles. The van der Waals surface area contributed by atoms with Gasteiger partial charge in [0.25, 0.3) is 0 Å². The summed E-state index contributed by atoms with van der Waals surface area (Å²) in [6.07, 6.45) is 0. The Morgan fingerprint density at radius 2 is 0.542 bits per heavy atom. The van der Waals surface area contributed by atoms with Gasteiger partial charge in [-0.05, 0) is 90.7 Å². The molecule has 282 valence electrons. The highest BCUT2D eigenvalue weighted by Gasteiger charge is 2.43. The summed E-state index contributed by atoms with van der Waals surface area (Å²) in [5.41, 5.74) is 6.15. The normalized spacial score (nSPS) is 11.9. The zero-order valence-electron chi connectivity index (χ0n) is 33.5. The van der Waals surface area contributed by atoms with E-state index in [4.69, 9.17) is 0 Å². The van der Waals surface area contributed by atoms with E-state index in [-0.39, 0.29) is 0 Å². The molecule has 0 aliphatic rings. The number of fused-ring (bicyclic) bond motifs is 3. The zero-order chi connectivity index (χ0) is 39.8. The third kappa shape index (κ3) is 6.05. The molecule has 0 N–H and O–H groups in total. The minimum Gasteiger partial charge on any atom is -0.309 e. The van der Waals surface area contributed by atoms with E-state index in [1.807, 2.05) is 0 Å².